The van der Waals surface area contributed by atoms with Crippen LogP contribution < -0.4 is 5.32 Å². The van der Waals surface area contributed by atoms with E-state index in [1.54, 1.807) is 4.90 Å². The Bertz CT molecular complexity index is 473. The quantitative estimate of drug-likeness (QED) is 0.917. The summed E-state index contributed by atoms with van der Waals surface area (Å²) in [6.07, 6.45) is 1.62. The molecule has 1 aliphatic rings. The average molecular weight is 342 g/mol. The van der Waals surface area contributed by atoms with E-state index in [4.69, 9.17) is 4.74 Å². The van der Waals surface area contributed by atoms with E-state index in [1.807, 2.05) is 26.0 Å². The Morgan fingerprint density at radius 1 is 1.50 bits per heavy atom. The number of carbonyl (C=O) groups excluding carboxylic acids is 1. The number of anilines is 1. The number of aromatic nitrogens is 1. The number of hydrogen-bond acceptors (Lipinski definition) is 4. The van der Waals surface area contributed by atoms with E-state index in [1.165, 1.54) is 0 Å². The van der Waals surface area contributed by atoms with Crippen LogP contribution in [0.5, 0.6) is 0 Å². The first kappa shape index (κ1) is 15.1. The van der Waals surface area contributed by atoms with Gasteiger partial charge in [-0.25, -0.2) is 9.78 Å². The number of carbonyl (C=O) groups is 1. The zero-order valence-corrected chi connectivity index (χ0v) is 13.4. The number of aryl methyl sites for hydroxylation is 1. The van der Waals surface area contributed by atoms with Gasteiger partial charge >= 0.3 is 6.09 Å². The number of likely N-dealkylation sites (tertiary alicyclic amines) is 1. The lowest BCUT2D eigenvalue weighted by Gasteiger charge is -2.31. The molecule has 0 spiro atoms. The molecule has 0 aromatic carbocycles. The lowest BCUT2D eigenvalue weighted by atomic mass is 10.1. The maximum absolute atomic E-state index is 11.6. The van der Waals surface area contributed by atoms with Gasteiger partial charge in [-0.3, -0.25) is 0 Å². The molecule has 0 aliphatic carbocycles. The van der Waals surface area contributed by atoms with E-state index in [9.17, 15) is 4.79 Å². The van der Waals surface area contributed by atoms with E-state index in [2.05, 4.69) is 26.2 Å². The van der Waals surface area contributed by atoms with Gasteiger partial charge in [0, 0.05) is 23.6 Å². The number of ether oxygens (including phenoxy) is 1. The van der Waals surface area contributed by atoms with Crippen LogP contribution in [0.15, 0.2) is 16.6 Å². The summed E-state index contributed by atoms with van der Waals surface area (Å²) < 4.78 is 6.03. The number of rotatable bonds is 3. The van der Waals surface area contributed by atoms with E-state index in [0.717, 1.165) is 41.9 Å². The minimum absolute atomic E-state index is 0.205. The smallest absolute Gasteiger partial charge is 0.409 e. The van der Waals surface area contributed by atoms with Gasteiger partial charge in [-0.2, -0.15) is 0 Å². The third kappa shape index (κ3) is 3.85. The first-order valence-corrected chi connectivity index (χ1v) is 7.71. The molecule has 0 radical (unpaired) electrons. The van der Waals surface area contributed by atoms with Gasteiger partial charge in [-0.1, -0.05) is 0 Å². The minimum atomic E-state index is -0.205. The summed E-state index contributed by atoms with van der Waals surface area (Å²) in [5.74, 6) is 0.889. The van der Waals surface area contributed by atoms with Gasteiger partial charge in [-0.05, 0) is 54.8 Å². The van der Waals surface area contributed by atoms with Gasteiger partial charge in [-0.15, -0.1) is 0 Å². The Hall–Kier alpha value is -1.30. The second kappa shape index (κ2) is 6.92. The molecular weight excluding hydrogens is 322 g/mol. The lowest BCUT2D eigenvalue weighted by molar-refractivity contribution is 0.0983. The molecule has 1 saturated heterocycles. The standard InChI is InChI=1S/C14H20BrN3O2/c1-3-20-14(19)18-8-6-11(7-9-18)17-13-5-4-12(15)10(2)16-13/h4-5,11H,3,6-9H2,1-2H3,(H,16,17). The average Bonchev–Trinajstić information content (AvgIpc) is 2.44. The van der Waals surface area contributed by atoms with Gasteiger partial charge in [0.1, 0.15) is 5.82 Å². The molecule has 1 amide bonds. The Labute approximate surface area is 127 Å². The number of nitrogens with one attached hydrogen (secondary N) is 1. The molecule has 0 saturated carbocycles. The van der Waals surface area contributed by atoms with Crippen LogP contribution in [0.2, 0.25) is 0 Å². The molecule has 1 fully saturated rings. The van der Waals surface area contributed by atoms with Crippen molar-refractivity contribution < 1.29 is 9.53 Å². The Kier molecular flexibility index (Phi) is 5.23. The molecule has 0 bridgehead atoms. The number of hydrogen-bond donors (Lipinski definition) is 1. The molecule has 6 heteroatoms. The molecule has 1 N–H and O–H groups in total. The number of halogens is 1. The van der Waals surface area contributed by atoms with Crippen molar-refractivity contribution in [3.63, 3.8) is 0 Å². The van der Waals surface area contributed by atoms with Crippen molar-refractivity contribution in [2.45, 2.75) is 32.7 Å². The number of piperidine rings is 1. The van der Waals surface area contributed by atoms with Crippen LogP contribution in [-0.2, 0) is 4.74 Å². The summed E-state index contributed by atoms with van der Waals surface area (Å²) in [7, 11) is 0. The Morgan fingerprint density at radius 3 is 2.80 bits per heavy atom. The maximum Gasteiger partial charge on any atom is 0.409 e. The third-order valence-electron chi connectivity index (χ3n) is 3.39. The number of amides is 1. The van der Waals surface area contributed by atoms with E-state index in [0.29, 0.717) is 12.6 Å². The fraction of sp³-hybridized carbons (Fsp3) is 0.571. The van der Waals surface area contributed by atoms with Gasteiger partial charge in [0.05, 0.1) is 12.3 Å². The van der Waals surface area contributed by atoms with Crippen LogP contribution in [0, 0.1) is 6.92 Å². The first-order valence-electron chi connectivity index (χ1n) is 6.91. The molecule has 0 atom stereocenters. The SMILES string of the molecule is CCOC(=O)N1CCC(Nc2ccc(Br)c(C)n2)CC1. The highest BCUT2D eigenvalue weighted by Gasteiger charge is 2.23. The molecule has 0 unspecified atom stereocenters. The van der Waals surface area contributed by atoms with Gasteiger partial charge in [0.2, 0.25) is 0 Å². The fourth-order valence-corrected chi connectivity index (χ4v) is 2.48. The predicted molar refractivity (Wildman–Crippen MR) is 81.9 cm³/mol. The van der Waals surface area contributed by atoms with E-state index in [-0.39, 0.29) is 6.09 Å². The normalized spacial score (nSPS) is 16.1. The molecule has 110 valence electrons. The van der Waals surface area contributed by atoms with Crippen LogP contribution in [-0.4, -0.2) is 41.7 Å². The van der Waals surface area contributed by atoms with Crippen LogP contribution in [0.25, 0.3) is 0 Å². The molecule has 1 aliphatic heterocycles. The van der Waals surface area contributed by atoms with Crippen LogP contribution in [0.3, 0.4) is 0 Å². The molecule has 5 nitrogen and oxygen atoms in total. The highest BCUT2D eigenvalue weighted by Crippen LogP contribution is 2.19. The van der Waals surface area contributed by atoms with Crippen molar-refractivity contribution in [1.29, 1.82) is 0 Å². The molecule has 20 heavy (non-hydrogen) atoms. The third-order valence-corrected chi connectivity index (χ3v) is 4.23. The van der Waals surface area contributed by atoms with Gasteiger partial charge < -0.3 is 15.0 Å². The van der Waals surface area contributed by atoms with Gasteiger partial charge in [0.15, 0.2) is 0 Å². The lowest BCUT2D eigenvalue weighted by Crippen LogP contribution is -2.42. The first-order chi connectivity index (χ1) is 9.60. The monoisotopic (exact) mass is 341 g/mol. The second-order valence-electron chi connectivity index (χ2n) is 4.87. The molecule has 1 aromatic heterocycles. The zero-order valence-electron chi connectivity index (χ0n) is 11.9. The van der Waals surface area contributed by atoms with Crippen molar-refractivity contribution in [1.82, 2.24) is 9.88 Å². The summed E-state index contributed by atoms with van der Waals surface area (Å²) in [5, 5.41) is 3.43. The zero-order chi connectivity index (χ0) is 14.5. The number of pyridine rings is 1. The van der Waals surface area contributed by atoms with Crippen molar-refractivity contribution in [3.05, 3.63) is 22.3 Å². The largest absolute Gasteiger partial charge is 0.450 e. The highest BCUT2D eigenvalue weighted by atomic mass is 79.9. The molecular formula is C14H20BrN3O2. The molecule has 2 rings (SSSR count). The second-order valence-corrected chi connectivity index (χ2v) is 5.72. The maximum atomic E-state index is 11.6. The van der Waals surface area contributed by atoms with E-state index < -0.39 is 0 Å². The minimum Gasteiger partial charge on any atom is -0.450 e. The van der Waals surface area contributed by atoms with Gasteiger partial charge in [0.25, 0.3) is 0 Å². The van der Waals surface area contributed by atoms with Crippen LogP contribution >= 0.6 is 15.9 Å². The topological polar surface area (TPSA) is 54.5 Å². The van der Waals surface area contributed by atoms with Crippen molar-refractivity contribution in [2.24, 2.45) is 0 Å². The summed E-state index contributed by atoms with van der Waals surface area (Å²) in [5.41, 5.74) is 0.971. The highest BCUT2D eigenvalue weighted by molar-refractivity contribution is 9.10. The Balaban J connectivity index is 1.85. The van der Waals surface area contributed by atoms with Crippen LogP contribution in [0.1, 0.15) is 25.5 Å². The molecule has 1 aromatic rings. The summed E-state index contributed by atoms with van der Waals surface area (Å²) >= 11 is 3.44. The van der Waals surface area contributed by atoms with Crippen LogP contribution in [0.4, 0.5) is 10.6 Å². The van der Waals surface area contributed by atoms with Crippen molar-refractivity contribution in [3.8, 4) is 0 Å². The summed E-state index contributed by atoms with van der Waals surface area (Å²) in [6.45, 7) is 5.68. The number of nitrogens with zero attached hydrogens (tertiary/aromatic N) is 2. The van der Waals surface area contributed by atoms with Crippen molar-refractivity contribution >= 4 is 27.8 Å². The van der Waals surface area contributed by atoms with E-state index >= 15 is 0 Å². The Morgan fingerprint density at radius 2 is 2.20 bits per heavy atom. The predicted octanol–water partition coefficient (Wildman–Crippen LogP) is 3.19. The van der Waals surface area contributed by atoms with Crippen molar-refractivity contribution in [2.75, 3.05) is 25.0 Å². The molecule has 2 heterocycles. The fourth-order valence-electron chi connectivity index (χ4n) is 2.25. The summed E-state index contributed by atoms with van der Waals surface area (Å²) in [6, 6.07) is 4.32. The summed E-state index contributed by atoms with van der Waals surface area (Å²) in [4.78, 5) is 17.9.